The standard InChI is InChI=1S/C34H67N3O3/c1-4-6-8-10-12-13-14-15-16-17-18-20-21-23-25-31(3)35-34(39)36-32(26-24-22-19-11-9-7-5-2)33(38)37-27-29-40-30-28-37/h31-32H,4-30H2,1-3H3,(H2,35,36,39). The molecule has 0 saturated carbocycles. The summed E-state index contributed by atoms with van der Waals surface area (Å²) in [5.74, 6) is 0.0454. The molecule has 0 aromatic carbocycles. The van der Waals surface area contributed by atoms with Crippen molar-refractivity contribution in [1.29, 1.82) is 0 Å². The zero-order valence-electron chi connectivity index (χ0n) is 26.9. The van der Waals surface area contributed by atoms with E-state index in [1.807, 2.05) is 4.90 Å². The molecule has 40 heavy (non-hydrogen) atoms. The van der Waals surface area contributed by atoms with Gasteiger partial charge in [-0.15, -0.1) is 0 Å². The molecule has 0 aromatic heterocycles. The Morgan fingerprint density at radius 2 is 1.00 bits per heavy atom. The number of hydrogen-bond acceptors (Lipinski definition) is 3. The molecular weight excluding hydrogens is 498 g/mol. The lowest BCUT2D eigenvalue weighted by Gasteiger charge is -2.31. The average Bonchev–Trinajstić information content (AvgIpc) is 2.96. The highest BCUT2D eigenvalue weighted by Crippen LogP contribution is 2.15. The molecule has 1 rings (SSSR count). The molecule has 3 amide bonds. The van der Waals surface area contributed by atoms with E-state index >= 15 is 0 Å². The number of hydrogen-bond donors (Lipinski definition) is 2. The number of carbonyl (C=O) groups is 2. The number of rotatable bonds is 26. The summed E-state index contributed by atoms with van der Waals surface area (Å²) in [6.07, 6.45) is 29.1. The van der Waals surface area contributed by atoms with Crippen LogP contribution in [-0.4, -0.2) is 55.2 Å². The van der Waals surface area contributed by atoms with E-state index in [9.17, 15) is 9.59 Å². The maximum Gasteiger partial charge on any atom is 0.315 e. The van der Waals surface area contributed by atoms with E-state index in [0.29, 0.717) is 32.7 Å². The zero-order valence-corrected chi connectivity index (χ0v) is 26.9. The Morgan fingerprint density at radius 3 is 1.45 bits per heavy atom. The number of carbonyl (C=O) groups excluding carboxylic acids is 2. The van der Waals surface area contributed by atoms with Crippen LogP contribution in [0.3, 0.4) is 0 Å². The Labute approximate surface area is 248 Å². The second-order valence-electron chi connectivity index (χ2n) is 12.3. The van der Waals surface area contributed by atoms with Crippen molar-refractivity contribution in [2.45, 2.75) is 181 Å². The molecule has 2 N–H and O–H groups in total. The van der Waals surface area contributed by atoms with Gasteiger partial charge in [-0.2, -0.15) is 0 Å². The third-order valence-electron chi connectivity index (χ3n) is 8.39. The van der Waals surface area contributed by atoms with Crippen LogP contribution in [0, 0.1) is 0 Å². The van der Waals surface area contributed by atoms with Crippen LogP contribution in [0.2, 0.25) is 0 Å². The monoisotopic (exact) mass is 566 g/mol. The SMILES string of the molecule is CCCCCCCCCCCCCCCCC(C)NC(=O)NC(CCCCCCCCC)C(=O)N1CCOCC1. The molecule has 0 spiro atoms. The Hall–Kier alpha value is -1.30. The maximum absolute atomic E-state index is 13.2. The quantitative estimate of drug-likeness (QED) is 0.103. The predicted molar refractivity (Wildman–Crippen MR) is 170 cm³/mol. The van der Waals surface area contributed by atoms with Crippen LogP contribution in [0.25, 0.3) is 0 Å². The van der Waals surface area contributed by atoms with Gasteiger partial charge in [0.1, 0.15) is 6.04 Å². The average molecular weight is 566 g/mol. The summed E-state index contributed by atoms with van der Waals surface area (Å²) in [5, 5.41) is 6.12. The Bertz CT molecular complexity index is 595. The van der Waals surface area contributed by atoms with Gasteiger partial charge in [-0.3, -0.25) is 4.79 Å². The number of morpholine rings is 1. The van der Waals surface area contributed by atoms with E-state index < -0.39 is 6.04 Å². The number of amides is 3. The van der Waals surface area contributed by atoms with Crippen molar-refractivity contribution in [2.24, 2.45) is 0 Å². The van der Waals surface area contributed by atoms with Crippen molar-refractivity contribution < 1.29 is 14.3 Å². The van der Waals surface area contributed by atoms with Gasteiger partial charge in [0.15, 0.2) is 0 Å². The van der Waals surface area contributed by atoms with Crippen molar-refractivity contribution >= 4 is 11.9 Å². The van der Waals surface area contributed by atoms with Gasteiger partial charge < -0.3 is 20.3 Å². The summed E-state index contributed by atoms with van der Waals surface area (Å²) in [5.41, 5.74) is 0. The fourth-order valence-corrected chi connectivity index (χ4v) is 5.71. The third-order valence-corrected chi connectivity index (χ3v) is 8.39. The lowest BCUT2D eigenvalue weighted by atomic mass is 10.0. The molecule has 0 radical (unpaired) electrons. The first-order valence-electron chi connectivity index (χ1n) is 17.5. The van der Waals surface area contributed by atoms with Gasteiger partial charge >= 0.3 is 6.03 Å². The highest BCUT2D eigenvalue weighted by molar-refractivity contribution is 5.87. The van der Waals surface area contributed by atoms with Crippen LogP contribution < -0.4 is 10.6 Å². The van der Waals surface area contributed by atoms with Crippen LogP contribution in [0.5, 0.6) is 0 Å². The number of ether oxygens (including phenoxy) is 1. The third kappa shape index (κ3) is 20.6. The molecule has 0 bridgehead atoms. The van der Waals surface area contributed by atoms with Crippen LogP contribution in [-0.2, 0) is 9.53 Å². The minimum Gasteiger partial charge on any atom is -0.378 e. The first kappa shape index (κ1) is 36.7. The molecule has 1 aliphatic rings. The van der Waals surface area contributed by atoms with Crippen molar-refractivity contribution in [1.82, 2.24) is 15.5 Å². The van der Waals surface area contributed by atoms with Gasteiger partial charge in [-0.25, -0.2) is 4.79 Å². The van der Waals surface area contributed by atoms with Gasteiger partial charge in [-0.1, -0.05) is 149 Å². The number of unbranched alkanes of at least 4 members (excludes halogenated alkanes) is 19. The molecule has 0 aromatic rings. The molecular formula is C34H67N3O3. The second-order valence-corrected chi connectivity index (χ2v) is 12.3. The zero-order chi connectivity index (χ0) is 29.1. The molecule has 6 nitrogen and oxygen atoms in total. The number of nitrogens with zero attached hydrogens (tertiary/aromatic N) is 1. The summed E-state index contributed by atoms with van der Waals surface area (Å²) in [4.78, 5) is 27.8. The predicted octanol–water partition coefficient (Wildman–Crippen LogP) is 8.91. The maximum atomic E-state index is 13.2. The lowest BCUT2D eigenvalue weighted by molar-refractivity contribution is -0.137. The smallest absolute Gasteiger partial charge is 0.315 e. The minimum absolute atomic E-state index is 0.0454. The Morgan fingerprint density at radius 1 is 0.600 bits per heavy atom. The largest absolute Gasteiger partial charge is 0.378 e. The van der Waals surface area contributed by atoms with E-state index in [-0.39, 0.29) is 18.0 Å². The molecule has 236 valence electrons. The van der Waals surface area contributed by atoms with Crippen molar-refractivity contribution in [2.75, 3.05) is 26.3 Å². The molecule has 1 saturated heterocycles. The summed E-state index contributed by atoms with van der Waals surface area (Å²) in [6.45, 7) is 8.99. The Kier molecular flexibility index (Phi) is 24.4. The summed E-state index contributed by atoms with van der Waals surface area (Å²) < 4.78 is 5.42. The first-order valence-corrected chi connectivity index (χ1v) is 17.5. The van der Waals surface area contributed by atoms with E-state index in [1.54, 1.807) is 0 Å². The molecule has 2 atom stereocenters. The highest BCUT2D eigenvalue weighted by Gasteiger charge is 2.27. The fraction of sp³-hybridized carbons (Fsp3) is 0.941. The fourth-order valence-electron chi connectivity index (χ4n) is 5.71. The molecule has 1 heterocycles. The van der Waals surface area contributed by atoms with Gasteiger partial charge in [0.25, 0.3) is 0 Å². The van der Waals surface area contributed by atoms with Gasteiger partial charge in [0, 0.05) is 19.1 Å². The van der Waals surface area contributed by atoms with Crippen molar-refractivity contribution in [3.8, 4) is 0 Å². The van der Waals surface area contributed by atoms with Crippen molar-refractivity contribution in [3.05, 3.63) is 0 Å². The first-order chi connectivity index (χ1) is 19.6. The summed E-state index contributed by atoms with van der Waals surface area (Å²) >= 11 is 0. The van der Waals surface area contributed by atoms with Crippen LogP contribution in [0.15, 0.2) is 0 Å². The topological polar surface area (TPSA) is 70.7 Å². The molecule has 6 heteroatoms. The van der Waals surface area contributed by atoms with E-state index in [4.69, 9.17) is 4.74 Å². The van der Waals surface area contributed by atoms with Gasteiger partial charge in [0.2, 0.25) is 5.91 Å². The van der Waals surface area contributed by atoms with E-state index in [2.05, 4.69) is 31.4 Å². The highest BCUT2D eigenvalue weighted by atomic mass is 16.5. The Balaban J connectivity index is 2.17. The van der Waals surface area contributed by atoms with Gasteiger partial charge in [-0.05, 0) is 19.8 Å². The van der Waals surface area contributed by atoms with Crippen LogP contribution >= 0.6 is 0 Å². The minimum atomic E-state index is -0.443. The summed E-state index contributed by atoms with van der Waals surface area (Å²) in [6, 6.07) is -0.524. The molecule has 2 unspecified atom stereocenters. The lowest BCUT2D eigenvalue weighted by Crippen LogP contribution is -2.54. The van der Waals surface area contributed by atoms with Crippen LogP contribution in [0.1, 0.15) is 168 Å². The number of urea groups is 1. The molecule has 1 fully saturated rings. The normalized spacial score (nSPS) is 15.1. The van der Waals surface area contributed by atoms with E-state index in [0.717, 1.165) is 25.7 Å². The molecule has 1 aliphatic heterocycles. The van der Waals surface area contributed by atoms with Crippen molar-refractivity contribution in [3.63, 3.8) is 0 Å². The second kappa shape index (κ2) is 26.6. The molecule has 0 aliphatic carbocycles. The number of nitrogens with one attached hydrogen (secondary N) is 2. The van der Waals surface area contributed by atoms with E-state index in [1.165, 1.54) is 116 Å². The van der Waals surface area contributed by atoms with Crippen LogP contribution in [0.4, 0.5) is 4.79 Å². The van der Waals surface area contributed by atoms with Gasteiger partial charge in [0.05, 0.1) is 13.2 Å². The summed E-state index contributed by atoms with van der Waals surface area (Å²) in [7, 11) is 0.